The molecule has 1 radical (unpaired) electrons. The molecular weight excluding hydrogens is 372 g/mol. The topological polar surface area (TPSA) is 27.7 Å². The number of allylic oxidation sites excluding steroid dienone is 1. The summed E-state index contributed by atoms with van der Waals surface area (Å²) in [5.41, 5.74) is 0.776. The Balaban J connectivity index is 1.78. The standard InChI is InChI=1S/C27H21O3/c1-2-12-25-26(29-22-15-8-4-9-16-22)19-24(28-21-13-6-3-7-14-21)20-27(25)30-23-17-10-5-11-18-23/h2-20H,1H2/b12-2+. The Morgan fingerprint density at radius 3 is 1.30 bits per heavy atom. The van der Waals surface area contributed by atoms with Crippen LogP contribution in [0.2, 0.25) is 0 Å². The molecule has 0 N–H and O–H groups in total. The fourth-order valence-corrected chi connectivity index (χ4v) is 2.94. The Labute approximate surface area is 176 Å². The van der Waals surface area contributed by atoms with Gasteiger partial charge in [0.05, 0.1) is 5.56 Å². The van der Waals surface area contributed by atoms with Crippen LogP contribution in [0.25, 0.3) is 6.08 Å². The second-order valence-corrected chi connectivity index (χ2v) is 6.48. The molecule has 147 valence electrons. The van der Waals surface area contributed by atoms with Gasteiger partial charge in [0.1, 0.15) is 34.5 Å². The number of hydrogen-bond acceptors (Lipinski definition) is 3. The Morgan fingerprint density at radius 2 is 0.900 bits per heavy atom. The van der Waals surface area contributed by atoms with E-state index in [-0.39, 0.29) is 0 Å². The molecule has 0 bridgehead atoms. The smallest absolute Gasteiger partial charge is 0.142 e. The van der Waals surface area contributed by atoms with E-state index in [2.05, 4.69) is 6.92 Å². The Hall–Kier alpha value is -3.98. The predicted octanol–water partition coefficient (Wildman–Crippen LogP) is 7.91. The number of rotatable bonds is 7. The van der Waals surface area contributed by atoms with Crippen molar-refractivity contribution in [1.82, 2.24) is 0 Å². The maximum atomic E-state index is 6.18. The molecule has 0 atom stereocenters. The maximum absolute atomic E-state index is 6.18. The van der Waals surface area contributed by atoms with E-state index >= 15 is 0 Å². The van der Waals surface area contributed by atoms with Gasteiger partial charge in [-0.2, -0.15) is 0 Å². The van der Waals surface area contributed by atoms with Gasteiger partial charge in [-0.1, -0.05) is 66.7 Å². The van der Waals surface area contributed by atoms with Crippen molar-refractivity contribution in [3.8, 4) is 34.5 Å². The molecule has 0 aliphatic carbocycles. The normalized spacial score (nSPS) is 10.7. The van der Waals surface area contributed by atoms with E-state index in [9.17, 15) is 0 Å². The van der Waals surface area contributed by atoms with E-state index in [1.807, 2.05) is 109 Å². The maximum Gasteiger partial charge on any atom is 0.142 e. The summed E-state index contributed by atoms with van der Waals surface area (Å²) in [6, 6.07) is 32.5. The average molecular weight is 393 g/mol. The van der Waals surface area contributed by atoms with Gasteiger partial charge in [-0.3, -0.25) is 0 Å². The van der Waals surface area contributed by atoms with Gasteiger partial charge in [0.2, 0.25) is 0 Å². The molecule has 0 saturated carbocycles. The fourth-order valence-electron chi connectivity index (χ4n) is 2.94. The van der Waals surface area contributed by atoms with Crippen molar-refractivity contribution in [2.24, 2.45) is 0 Å². The van der Waals surface area contributed by atoms with Gasteiger partial charge in [-0.15, -0.1) is 0 Å². The molecule has 0 heterocycles. The van der Waals surface area contributed by atoms with E-state index in [0.29, 0.717) is 17.2 Å². The minimum atomic E-state index is 0.610. The highest BCUT2D eigenvalue weighted by Crippen LogP contribution is 2.40. The van der Waals surface area contributed by atoms with Crippen LogP contribution in [0.1, 0.15) is 5.56 Å². The fraction of sp³-hybridized carbons (Fsp3) is 0. The molecule has 0 aliphatic rings. The lowest BCUT2D eigenvalue weighted by atomic mass is 10.1. The Bertz CT molecular complexity index is 1040. The predicted molar refractivity (Wildman–Crippen MR) is 120 cm³/mol. The second kappa shape index (κ2) is 9.48. The van der Waals surface area contributed by atoms with Crippen LogP contribution in [0.3, 0.4) is 0 Å². The molecule has 3 heteroatoms. The van der Waals surface area contributed by atoms with Gasteiger partial charge in [-0.05, 0) is 43.3 Å². The number of hydrogen-bond donors (Lipinski definition) is 0. The summed E-state index contributed by atoms with van der Waals surface area (Å²) >= 11 is 0. The van der Waals surface area contributed by atoms with Crippen LogP contribution in [0, 0.1) is 6.92 Å². The largest absolute Gasteiger partial charge is 0.457 e. The molecule has 0 unspecified atom stereocenters. The van der Waals surface area contributed by atoms with Gasteiger partial charge in [0.25, 0.3) is 0 Å². The quantitative estimate of drug-likeness (QED) is 0.319. The summed E-state index contributed by atoms with van der Waals surface area (Å²) in [4.78, 5) is 0. The summed E-state index contributed by atoms with van der Waals surface area (Å²) in [7, 11) is 0. The first-order valence-corrected chi connectivity index (χ1v) is 9.64. The van der Waals surface area contributed by atoms with Crippen LogP contribution in [0.5, 0.6) is 34.5 Å². The van der Waals surface area contributed by atoms with E-state index < -0.39 is 0 Å². The summed E-state index contributed by atoms with van der Waals surface area (Å²) in [6.45, 7) is 3.84. The van der Waals surface area contributed by atoms with E-state index in [1.165, 1.54) is 0 Å². The summed E-state index contributed by atoms with van der Waals surface area (Å²) in [5.74, 6) is 4.01. The minimum Gasteiger partial charge on any atom is -0.457 e. The van der Waals surface area contributed by atoms with Crippen LogP contribution >= 0.6 is 0 Å². The van der Waals surface area contributed by atoms with Gasteiger partial charge < -0.3 is 14.2 Å². The summed E-state index contributed by atoms with van der Waals surface area (Å²) in [5, 5.41) is 0. The highest BCUT2D eigenvalue weighted by atomic mass is 16.5. The third kappa shape index (κ3) is 4.89. The van der Waals surface area contributed by atoms with Crippen LogP contribution in [-0.2, 0) is 0 Å². The molecule has 4 aromatic rings. The minimum absolute atomic E-state index is 0.610. The molecule has 4 rings (SSSR count). The van der Waals surface area contributed by atoms with Crippen molar-refractivity contribution in [2.75, 3.05) is 0 Å². The highest BCUT2D eigenvalue weighted by molar-refractivity contribution is 5.68. The number of benzene rings is 4. The average Bonchev–Trinajstić information content (AvgIpc) is 2.78. The molecule has 0 saturated heterocycles. The number of ether oxygens (including phenoxy) is 3. The molecule has 0 fully saturated rings. The Kier molecular flexibility index (Phi) is 6.11. The van der Waals surface area contributed by atoms with Crippen molar-refractivity contribution >= 4 is 6.08 Å². The molecule has 4 aromatic carbocycles. The first-order chi connectivity index (χ1) is 14.8. The summed E-state index contributed by atoms with van der Waals surface area (Å²) < 4.78 is 18.4. The molecule has 3 nitrogen and oxygen atoms in total. The second-order valence-electron chi connectivity index (χ2n) is 6.48. The van der Waals surface area contributed by atoms with Crippen molar-refractivity contribution in [3.05, 3.63) is 122 Å². The number of para-hydroxylation sites is 3. The SMILES string of the molecule is [CH2]/C=C/c1c(Oc2ccccc2)cc(Oc2ccccc2)cc1Oc1ccccc1. The summed E-state index contributed by atoms with van der Waals surface area (Å²) in [6.07, 6.45) is 3.58. The van der Waals surface area contributed by atoms with E-state index in [0.717, 1.165) is 22.8 Å². The lowest BCUT2D eigenvalue weighted by Crippen LogP contribution is -1.95. The van der Waals surface area contributed by atoms with Crippen molar-refractivity contribution in [3.63, 3.8) is 0 Å². The first-order valence-electron chi connectivity index (χ1n) is 9.64. The third-order valence-corrected chi connectivity index (χ3v) is 4.28. The lowest BCUT2D eigenvalue weighted by molar-refractivity contribution is 0.438. The zero-order valence-electron chi connectivity index (χ0n) is 16.4. The zero-order valence-corrected chi connectivity index (χ0v) is 16.4. The van der Waals surface area contributed by atoms with Crippen LogP contribution in [-0.4, -0.2) is 0 Å². The van der Waals surface area contributed by atoms with Gasteiger partial charge in [0, 0.05) is 12.1 Å². The van der Waals surface area contributed by atoms with Crippen LogP contribution < -0.4 is 14.2 Å². The molecular formula is C27H21O3. The van der Waals surface area contributed by atoms with Gasteiger partial charge >= 0.3 is 0 Å². The highest BCUT2D eigenvalue weighted by Gasteiger charge is 2.15. The van der Waals surface area contributed by atoms with Gasteiger partial charge in [-0.25, -0.2) is 0 Å². The molecule has 0 amide bonds. The molecule has 0 aliphatic heterocycles. The Morgan fingerprint density at radius 1 is 0.500 bits per heavy atom. The lowest BCUT2D eigenvalue weighted by Gasteiger charge is -2.17. The first kappa shape index (κ1) is 19.3. The van der Waals surface area contributed by atoms with Gasteiger partial charge in [0.15, 0.2) is 0 Å². The van der Waals surface area contributed by atoms with Crippen molar-refractivity contribution in [2.45, 2.75) is 0 Å². The van der Waals surface area contributed by atoms with Crippen molar-refractivity contribution < 1.29 is 14.2 Å². The third-order valence-electron chi connectivity index (χ3n) is 4.28. The monoisotopic (exact) mass is 393 g/mol. The molecule has 0 aromatic heterocycles. The van der Waals surface area contributed by atoms with E-state index in [4.69, 9.17) is 14.2 Å². The van der Waals surface area contributed by atoms with Crippen LogP contribution in [0.15, 0.2) is 109 Å². The molecule has 30 heavy (non-hydrogen) atoms. The van der Waals surface area contributed by atoms with Crippen molar-refractivity contribution in [1.29, 1.82) is 0 Å². The van der Waals surface area contributed by atoms with E-state index in [1.54, 1.807) is 6.08 Å². The molecule has 0 spiro atoms. The van der Waals surface area contributed by atoms with Crippen LogP contribution in [0.4, 0.5) is 0 Å². The zero-order chi connectivity index (χ0) is 20.6.